The summed E-state index contributed by atoms with van der Waals surface area (Å²) in [5.74, 6) is 0.344. The van der Waals surface area contributed by atoms with E-state index in [-0.39, 0.29) is 18.2 Å². The minimum absolute atomic E-state index is 0.0701. The normalized spacial score (nSPS) is 20.1. The van der Waals surface area contributed by atoms with Gasteiger partial charge in [-0.1, -0.05) is 29.3 Å². The maximum absolute atomic E-state index is 12.3. The Labute approximate surface area is 212 Å². The molecule has 1 atom stereocenters. The lowest BCUT2D eigenvalue weighted by Gasteiger charge is -2.34. The third kappa shape index (κ3) is 8.80. The second kappa shape index (κ2) is 12.3. The van der Waals surface area contributed by atoms with Crippen molar-refractivity contribution in [3.63, 3.8) is 0 Å². The number of likely N-dealkylation sites (tertiary alicyclic amines) is 1. The van der Waals surface area contributed by atoms with E-state index in [4.69, 9.17) is 32.7 Å². The van der Waals surface area contributed by atoms with Crippen LogP contribution in [0, 0.1) is 5.92 Å². The molecule has 0 aliphatic carbocycles. The van der Waals surface area contributed by atoms with Crippen LogP contribution in [0.1, 0.15) is 39.2 Å². The van der Waals surface area contributed by atoms with Gasteiger partial charge in [-0.25, -0.2) is 9.59 Å². The Bertz CT molecular complexity index is 841. The summed E-state index contributed by atoms with van der Waals surface area (Å²) in [5.41, 5.74) is 0.606. The maximum atomic E-state index is 12.3. The molecular weight excluding hydrogens is 479 g/mol. The number of ether oxygens (including phenoxy) is 2. The Morgan fingerprint density at radius 1 is 1.09 bits per heavy atom. The van der Waals surface area contributed by atoms with Gasteiger partial charge >= 0.3 is 12.1 Å². The summed E-state index contributed by atoms with van der Waals surface area (Å²) in [6, 6.07) is 5.48. The van der Waals surface area contributed by atoms with E-state index in [1.54, 1.807) is 4.90 Å². The Morgan fingerprint density at radius 2 is 1.79 bits per heavy atom. The van der Waals surface area contributed by atoms with Gasteiger partial charge < -0.3 is 25.0 Å². The number of hydrogen-bond acceptors (Lipinski definition) is 5. The molecule has 2 heterocycles. The predicted octanol–water partition coefficient (Wildman–Crippen LogP) is 4.14. The Balaban J connectivity index is 1.32. The lowest BCUT2D eigenvalue weighted by atomic mass is 9.97. The molecule has 190 valence electrons. The number of hydrogen-bond donors (Lipinski definition) is 2. The number of halogens is 2. The zero-order chi connectivity index (χ0) is 24.7. The van der Waals surface area contributed by atoms with E-state index in [1.807, 2.05) is 39.0 Å². The largest absolute Gasteiger partial charge is 0.444 e. The van der Waals surface area contributed by atoms with Gasteiger partial charge in [0.2, 0.25) is 0 Å². The quantitative estimate of drug-likeness (QED) is 0.595. The first-order valence-corrected chi connectivity index (χ1v) is 12.6. The number of morpholine rings is 1. The Morgan fingerprint density at radius 3 is 2.47 bits per heavy atom. The molecule has 0 bridgehead atoms. The number of benzene rings is 1. The summed E-state index contributed by atoms with van der Waals surface area (Å²) in [4.78, 5) is 28.5. The van der Waals surface area contributed by atoms with Crippen LogP contribution in [0.4, 0.5) is 9.59 Å². The number of urea groups is 1. The standard InChI is InChI=1S/C24H36Cl2N4O4/c1-24(2,3)34-23(32)30-8-6-17(7-9-30)13-27-22(31)28-14-19-16-29(10-11-33-19)15-18-4-5-20(25)21(26)12-18/h4-5,12,17,19H,6-11,13-16H2,1-3H3,(H2,27,28,31). The summed E-state index contributed by atoms with van der Waals surface area (Å²) >= 11 is 12.1. The molecule has 3 amide bonds. The van der Waals surface area contributed by atoms with Gasteiger partial charge in [-0.2, -0.15) is 0 Å². The van der Waals surface area contributed by atoms with Crippen molar-refractivity contribution in [2.45, 2.75) is 51.9 Å². The lowest BCUT2D eigenvalue weighted by Crippen LogP contribution is -2.49. The third-order valence-corrected chi connectivity index (χ3v) is 6.66. The van der Waals surface area contributed by atoms with Crippen LogP contribution < -0.4 is 10.6 Å². The molecule has 2 aliphatic heterocycles. The van der Waals surface area contributed by atoms with Crippen LogP contribution in [0.2, 0.25) is 10.0 Å². The van der Waals surface area contributed by atoms with Crippen LogP contribution >= 0.6 is 23.2 Å². The first-order chi connectivity index (χ1) is 16.1. The number of rotatable bonds is 6. The van der Waals surface area contributed by atoms with E-state index in [1.165, 1.54) is 0 Å². The highest BCUT2D eigenvalue weighted by atomic mass is 35.5. The highest BCUT2D eigenvalue weighted by Crippen LogP contribution is 2.24. The van der Waals surface area contributed by atoms with E-state index < -0.39 is 5.60 Å². The van der Waals surface area contributed by atoms with Gasteiger partial charge in [-0.3, -0.25) is 4.90 Å². The zero-order valence-corrected chi connectivity index (χ0v) is 21.8. The lowest BCUT2D eigenvalue weighted by molar-refractivity contribution is -0.0287. The number of nitrogens with zero attached hydrogens (tertiary/aromatic N) is 2. The van der Waals surface area contributed by atoms with Crippen molar-refractivity contribution >= 4 is 35.3 Å². The summed E-state index contributed by atoms with van der Waals surface area (Å²) in [6.45, 7) is 10.8. The molecule has 1 unspecified atom stereocenters. The fourth-order valence-electron chi connectivity index (χ4n) is 4.10. The number of piperidine rings is 1. The molecular formula is C24H36Cl2N4O4. The van der Waals surface area contributed by atoms with Crippen LogP contribution in [0.25, 0.3) is 0 Å². The van der Waals surface area contributed by atoms with Crippen molar-refractivity contribution in [2.75, 3.05) is 45.9 Å². The SMILES string of the molecule is CC(C)(C)OC(=O)N1CCC(CNC(=O)NCC2CN(Cc3ccc(Cl)c(Cl)c3)CCO2)CC1. The molecule has 0 saturated carbocycles. The molecule has 2 fully saturated rings. The van der Waals surface area contributed by atoms with E-state index in [0.29, 0.717) is 48.7 Å². The number of amides is 3. The van der Waals surface area contributed by atoms with Crippen molar-refractivity contribution in [1.82, 2.24) is 20.4 Å². The summed E-state index contributed by atoms with van der Waals surface area (Å²) in [7, 11) is 0. The monoisotopic (exact) mass is 514 g/mol. The summed E-state index contributed by atoms with van der Waals surface area (Å²) < 4.78 is 11.3. The second-order valence-electron chi connectivity index (χ2n) is 9.98. The van der Waals surface area contributed by atoms with Crippen LogP contribution in [-0.2, 0) is 16.0 Å². The Kier molecular flexibility index (Phi) is 9.71. The minimum Gasteiger partial charge on any atom is -0.444 e. The second-order valence-corrected chi connectivity index (χ2v) is 10.8. The van der Waals surface area contributed by atoms with E-state index in [9.17, 15) is 9.59 Å². The molecule has 0 spiro atoms. The topological polar surface area (TPSA) is 83.1 Å². The molecule has 2 aliphatic rings. The first kappa shape index (κ1) is 26.9. The molecule has 2 N–H and O–H groups in total. The van der Waals surface area contributed by atoms with E-state index in [2.05, 4.69) is 15.5 Å². The predicted molar refractivity (Wildman–Crippen MR) is 133 cm³/mol. The van der Waals surface area contributed by atoms with Crippen molar-refractivity contribution in [1.29, 1.82) is 0 Å². The van der Waals surface area contributed by atoms with Crippen LogP contribution in [0.3, 0.4) is 0 Å². The smallest absolute Gasteiger partial charge is 0.410 e. The average Bonchev–Trinajstić information content (AvgIpc) is 2.78. The number of nitrogens with one attached hydrogen (secondary N) is 2. The maximum Gasteiger partial charge on any atom is 0.410 e. The van der Waals surface area contributed by atoms with Crippen LogP contribution in [0.5, 0.6) is 0 Å². The van der Waals surface area contributed by atoms with Gasteiger partial charge in [-0.05, 0) is 57.2 Å². The number of carbonyl (C=O) groups is 2. The van der Waals surface area contributed by atoms with Gasteiger partial charge in [0.15, 0.2) is 0 Å². The van der Waals surface area contributed by atoms with Gasteiger partial charge in [0.25, 0.3) is 0 Å². The van der Waals surface area contributed by atoms with Gasteiger partial charge in [0.05, 0.1) is 22.8 Å². The van der Waals surface area contributed by atoms with Gasteiger partial charge in [-0.15, -0.1) is 0 Å². The number of carbonyl (C=O) groups excluding carboxylic acids is 2. The molecule has 8 nitrogen and oxygen atoms in total. The van der Waals surface area contributed by atoms with Crippen LogP contribution in [0.15, 0.2) is 18.2 Å². The molecule has 0 radical (unpaired) electrons. The van der Waals surface area contributed by atoms with Gasteiger partial charge in [0, 0.05) is 45.8 Å². The molecule has 0 aromatic heterocycles. The molecule has 10 heteroatoms. The summed E-state index contributed by atoms with van der Waals surface area (Å²) in [6.07, 6.45) is 1.35. The van der Waals surface area contributed by atoms with E-state index >= 15 is 0 Å². The zero-order valence-electron chi connectivity index (χ0n) is 20.2. The highest BCUT2D eigenvalue weighted by Gasteiger charge is 2.27. The van der Waals surface area contributed by atoms with E-state index in [0.717, 1.165) is 38.0 Å². The van der Waals surface area contributed by atoms with Crippen molar-refractivity contribution in [3.05, 3.63) is 33.8 Å². The molecule has 34 heavy (non-hydrogen) atoms. The molecule has 1 aromatic carbocycles. The summed E-state index contributed by atoms with van der Waals surface area (Å²) in [5, 5.41) is 6.98. The first-order valence-electron chi connectivity index (χ1n) is 11.9. The van der Waals surface area contributed by atoms with Gasteiger partial charge in [0.1, 0.15) is 5.60 Å². The van der Waals surface area contributed by atoms with Crippen LogP contribution in [-0.4, -0.2) is 79.5 Å². The van der Waals surface area contributed by atoms with Crippen molar-refractivity contribution in [3.8, 4) is 0 Å². The average molecular weight is 515 g/mol. The molecule has 2 saturated heterocycles. The van der Waals surface area contributed by atoms with Crippen molar-refractivity contribution in [2.24, 2.45) is 5.92 Å². The Hall–Kier alpha value is -1.74. The van der Waals surface area contributed by atoms with Crippen molar-refractivity contribution < 1.29 is 19.1 Å². The molecule has 1 aromatic rings. The minimum atomic E-state index is -0.490. The third-order valence-electron chi connectivity index (χ3n) is 5.92. The highest BCUT2D eigenvalue weighted by molar-refractivity contribution is 6.42. The fraction of sp³-hybridized carbons (Fsp3) is 0.667. The fourth-order valence-corrected chi connectivity index (χ4v) is 4.42. The molecule has 3 rings (SSSR count).